The van der Waals surface area contributed by atoms with Crippen molar-refractivity contribution in [3.8, 4) is 0 Å². The van der Waals surface area contributed by atoms with Crippen LogP contribution in [-0.4, -0.2) is 37.3 Å². The van der Waals surface area contributed by atoms with Gasteiger partial charge >= 0.3 is 0 Å². The molecule has 1 aliphatic rings. The van der Waals surface area contributed by atoms with Crippen LogP contribution in [0.5, 0.6) is 0 Å². The lowest BCUT2D eigenvalue weighted by Crippen LogP contribution is -2.29. The first-order valence-electron chi connectivity index (χ1n) is 5.73. The van der Waals surface area contributed by atoms with Crippen molar-refractivity contribution >= 4 is 15.8 Å². The Labute approximate surface area is 102 Å². The third-order valence-corrected chi connectivity index (χ3v) is 4.73. The lowest BCUT2D eigenvalue weighted by molar-refractivity contribution is 0.464. The second kappa shape index (κ2) is 4.62. The smallest absolute Gasteiger partial charge is 0.244 e. The van der Waals surface area contributed by atoms with E-state index < -0.39 is 10.0 Å². The predicted molar refractivity (Wildman–Crippen MR) is 66.4 cm³/mol. The van der Waals surface area contributed by atoms with E-state index in [-0.39, 0.29) is 10.9 Å². The normalized spacial score (nSPS) is 16.2. The van der Waals surface area contributed by atoms with Crippen LogP contribution in [-0.2, 0) is 10.0 Å². The standard InChI is InChI=1S/C11H17N3O2S/c1-3-12-11-7-6-10(8-13-11)17(15,16)14(2)9-4-5-9/h6-9H,3-5H2,1-2H3,(H,12,13). The summed E-state index contributed by atoms with van der Waals surface area (Å²) in [5.41, 5.74) is 0. The van der Waals surface area contributed by atoms with Crippen LogP contribution in [0.3, 0.4) is 0 Å². The SMILES string of the molecule is CCNc1ccc(S(=O)(=O)N(C)C2CC2)cn1. The summed E-state index contributed by atoms with van der Waals surface area (Å²) < 4.78 is 25.7. The Morgan fingerprint density at radius 2 is 2.18 bits per heavy atom. The third kappa shape index (κ3) is 2.58. The summed E-state index contributed by atoms with van der Waals surface area (Å²) in [5, 5.41) is 3.03. The van der Waals surface area contributed by atoms with Gasteiger partial charge in [0.15, 0.2) is 0 Å². The van der Waals surface area contributed by atoms with E-state index in [1.807, 2.05) is 6.92 Å². The largest absolute Gasteiger partial charge is 0.370 e. The van der Waals surface area contributed by atoms with E-state index in [1.165, 1.54) is 10.5 Å². The molecule has 0 amide bonds. The molecule has 6 heteroatoms. The van der Waals surface area contributed by atoms with Gasteiger partial charge in [-0.2, -0.15) is 4.31 Å². The fourth-order valence-corrected chi connectivity index (χ4v) is 2.98. The highest BCUT2D eigenvalue weighted by atomic mass is 32.2. The average molecular weight is 255 g/mol. The molecule has 0 bridgehead atoms. The van der Waals surface area contributed by atoms with Crippen LogP contribution in [0.15, 0.2) is 23.2 Å². The van der Waals surface area contributed by atoms with Crippen molar-refractivity contribution in [2.24, 2.45) is 0 Å². The molecule has 0 atom stereocenters. The Balaban J connectivity index is 2.20. The van der Waals surface area contributed by atoms with Crippen molar-refractivity contribution in [3.63, 3.8) is 0 Å². The maximum absolute atomic E-state index is 12.1. The Morgan fingerprint density at radius 3 is 2.65 bits per heavy atom. The second-order valence-electron chi connectivity index (χ2n) is 4.16. The first-order valence-corrected chi connectivity index (χ1v) is 7.17. The van der Waals surface area contributed by atoms with Gasteiger partial charge in [-0.3, -0.25) is 0 Å². The number of pyridine rings is 1. The zero-order valence-corrected chi connectivity index (χ0v) is 10.9. The van der Waals surface area contributed by atoms with E-state index in [9.17, 15) is 8.42 Å². The number of rotatable bonds is 5. The Morgan fingerprint density at radius 1 is 1.47 bits per heavy atom. The van der Waals surface area contributed by atoms with E-state index in [0.29, 0.717) is 5.82 Å². The van der Waals surface area contributed by atoms with Gasteiger partial charge in [-0.1, -0.05) is 0 Å². The molecule has 1 heterocycles. The molecule has 0 unspecified atom stereocenters. The zero-order chi connectivity index (χ0) is 12.5. The summed E-state index contributed by atoms with van der Waals surface area (Å²) in [4.78, 5) is 4.34. The lowest BCUT2D eigenvalue weighted by atomic mass is 10.4. The van der Waals surface area contributed by atoms with Crippen molar-refractivity contribution in [2.75, 3.05) is 18.9 Å². The third-order valence-electron chi connectivity index (χ3n) is 2.83. The van der Waals surface area contributed by atoms with Crippen LogP contribution in [0, 0.1) is 0 Å². The second-order valence-corrected chi connectivity index (χ2v) is 6.16. The Hall–Kier alpha value is -1.14. The minimum Gasteiger partial charge on any atom is -0.370 e. The minimum absolute atomic E-state index is 0.174. The first-order chi connectivity index (χ1) is 8.05. The molecule has 1 saturated carbocycles. The number of anilines is 1. The van der Waals surface area contributed by atoms with Crippen LogP contribution in [0.4, 0.5) is 5.82 Å². The number of nitrogens with zero attached hydrogens (tertiary/aromatic N) is 2. The number of aromatic nitrogens is 1. The molecule has 2 rings (SSSR count). The number of nitrogens with one attached hydrogen (secondary N) is 1. The number of sulfonamides is 1. The molecule has 1 fully saturated rings. The summed E-state index contributed by atoms with van der Waals surface area (Å²) in [7, 11) is -1.73. The highest BCUT2D eigenvalue weighted by Gasteiger charge is 2.35. The quantitative estimate of drug-likeness (QED) is 0.861. The molecular weight excluding hydrogens is 238 g/mol. The minimum atomic E-state index is -3.36. The summed E-state index contributed by atoms with van der Waals surface area (Å²) in [5.74, 6) is 0.695. The Kier molecular flexibility index (Phi) is 3.35. The summed E-state index contributed by atoms with van der Waals surface area (Å²) in [6.07, 6.45) is 3.32. The van der Waals surface area contributed by atoms with Crippen molar-refractivity contribution < 1.29 is 8.42 Å². The topological polar surface area (TPSA) is 62.3 Å². The molecule has 1 N–H and O–H groups in total. The van der Waals surface area contributed by atoms with Crippen molar-refractivity contribution in [2.45, 2.75) is 30.7 Å². The molecule has 5 nitrogen and oxygen atoms in total. The Bertz CT molecular complexity index is 480. The first kappa shape index (κ1) is 12.3. The van der Waals surface area contributed by atoms with Crippen molar-refractivity contribution in [1.29, 1.82) is 0 Å². The van der Waals surface area contributed by atoms with Gasteiger partial charge in [-0.25, -0.2) is 13.4 Å². The number of hydrogen-bond acceptors (Lipinski definition) is 4. The summed E-state index contributed by atoms with van der Waals surface area (Å²) in [6, 6.07) is 3.46. The van der Waals surface area contributed by atoms with E-state index >= 15 is 0 Å². The molecule has 94 valence electrons. The average Bonchev–Trinajstić information content (AvgIpc) is 3.13. The highest BCUT2D eigenvalue weighted by molar-refractivity contribution is 7.89. The molecule has 0 aliphatic heterocycles. The van der Waals surface area contributed by atoms with Crippen LogP contribution in [0.1, 0.15) is 19.8 Å². The summed E-state index contributed by atoms with van der Waals surface area (Å²) in [6.45, 7) is 2.73. The van der Waals surface area contributed by atoms with Crippen molar-refractivity contribution in [3.05, 3.63) is 18.3 Å². The molecule has 0 aromatic carbocycles. The molecule has 17 heavy (non-hydrogen) atoms. The van der Waals surface area contributed by atoms with Crippen LogP contribution >= 0.6 is 0 Å². The van der Waals surface area contributed by atoms with Crippen LogP contribution in [0.2, 0.25) is 0 Å². The van der Waals surface area contributed by atoms with Gasteiger partial charge in [-0.15, -0.1) is 0 Å². The fourth-order valence-electron chi connectivity index (χ4n) is 1.62. The van der Waals surface area contributed by atoms with Crippen LogP contribution < -0.4 is 5.32 Å². The fraction of sp³-hybridized carbons (Fsp3) is 0.545. The van der Waals surface area contributed by atoms with Gasteiger partial charge in [0, 0.05) is 25.8 Å². The van der Waals surface area contributed by atoms with Gasteiger partial charge in [-0.05, 0) is 31.9 Å². The van der Waals surface area contributed by atoms with Gasteiger partial charge in [0.1, 0.15) is 10.7 Å². The maximum Gasteiger partial charge on any atom is 0.244 e. The molecule has 0 saturated heterocycles. The van der Waals surface area contributed by atoms with E-state index in [4.69, 9.17) is 0 Å². The molecule has 1 aliphatic carbocycles. The van der Waals surface area contributed by atoms with Gasteiger partial charge < -0.3 is 5.32 Å². The number of hydrogen-bond donors (Lipinski definition) is 1. The molecule has 0 spiro atoms. The van der Waals surface area contributed by atoms with Gasteiger partial charge in [0.05, 0.1) is 0 Å². The monoisotopic (exact) mass is 255 g/mol. The molecule has 1 aromatic heterocycles. The maximum atomic E-state index is 12.1. The van der Waals surface area contributed by atoms with E-state index in [2.05, 4.69) is 10.3 Å². The predicted octanol–water partition coefficient (Wildman–Crippen LogP) is 1.30. The molecule has 0 radical (unpaired) electrons. The van der Waals surface area contributed by atoms with Crippen molar-refractivity contribution in [1.82, 2.24) is 9.29 Å². The lowest BCUT2D eigenvalue weighted by Gasteiger charge is -2.16. The van der Waals surface area contributed by atoms with Crippen LogP contribution in [0.25, 0.3) is 0 Å². The van der Waals surface area contributed by atoms with Gasteiger partial charge in [0.2, 0.25) is 10.0 Å². The van der Waals surface area contributed by atoms with E-state index in [0.717, 1.165) is 19.4 Å². The van der Waals surface area contributed by atoms with Gasteiger partial charge in [0.25, 0.3) is 0 Å². The summed E-state index contributed by atoms with van der Waals surface area (Å²) >= 11 is 0. The molecular formula is C11H17N3O2S. The molecule has 1 aromatic rings. The zero-order valence-electron chi connectivity index (χ0n) is 10.0. The highest BCUT2D eigenvalue weighted by Crippen LogP contribution is 2.30. The van der Waals surface area contributed by atoms with E-state index in [1.54, 1.807) is 19.2 Å².